The minimum Gasteiger partial charge on any atom is -0.278 e. The maximum Gasteiger partial charge on any atom is 0.261 e. The zero-order valence-electron chi connectivity index (χ0n) is 9.24. The zero-order valence-corrected chi connectivity index (χ0v) is 10.8. The van der Waals surface area contributed by atoms with Crippen molar-refractivity contribution in [3.63, 3.8) is 0 Å². The van der Waals surface area contributed by atoms with Crippen molar-refractivity contribution < 1.29 is 14.0 Å². The highest BCUT2D eigenvalue weighted by atomic mass is 79.9. The molecule has 0 spiro atoms. The smallest absolute Gasteiger partial charge is 0.261 e. The van der Waals surface area contributed by atoms with E-state index in [1.807, 2.05) is 6.92 Å². The molecule has 1 aliphatic rings. The molecule has 1 unspecified atom stereocenters. The van der Waals surface area contributed by atoms with Gasteiger partial charge in [0.2, 0.25) is 5.91 Å². The van der Waals surface area contributed by atoms with Crippen LogP contribution in [0.15, 0.2) is 22.7 Å². The number of halogens is 2. The highest BCUT2D eigenvalue weighted by Crippen LogP contribution is 2.24. The van der Waals surface area contributed by atoms with Crippen LogP contribution >= 0.6 is 15.9 Å². The molecule has 1 fully saturated rings. The number of nitrogens with zero attached hydrogens (tertiary/aromatic N) is 1. The number of amides is 2. The van der Waals surface area contributed by atoms with Crippen LogP contribution in [0.3, 0.4) is 0 Å². The third-order valence-corrected chi connectivity index (χ3v) is 3.41. The normalized spacial score (nSPS) is 19.8. The first-order valence-corrected chi connectivity index (χ1v) is 6.08. The van der Waals surface area contributed by atoms with E-state index in [9.17, 15) is 14.0 Å². The predicted molar refractivity (Wildman–Crippen MR) is 63.9 cm³/mol. The molecule has 0 bridgehead atoms. The number of benzene rings is 1. The van der Waals surface area contributed by atoms with Crippen LogP contribution in [-0.4, -0.2) is 23.3 Å². The molecule has 0 saturated carbocycles. The molecule has 0 radical (unpaired) electrons. The van der Waals surface area contributed by atoms with Crippen molar-refractivity contribution in [2.24, 2.45) is 5.92 Å². The highest BCUT2D eigenvalue weighted by molar-refractivity contribution is 9.10. The average Bonchev–Trinajstić information content (AvgIpc) is 2.60. The van der Waals surface area contributed by atoms with Gasteiger partial charge in [0.1, 0.15) is 5.82 Å². The Morgan fingerprint density at radius 1 is 1.53 bits per heavy atom. The molecule has 2 amide bonds. The number of carbonyl (C=O) groups is 2. The third-order valence-electron chi connectivity index (χ3n) is 2.72. The van der Waals surface area contributed by atoms with Gasteiger partial charge in [-0.05, 0) is 40.0 Å². The maximum atomic E-state index is 13.1. The number of carbonyl (C=O) groups excluding carboxylic acids is 2. The van der Waals surface area contributed by atoms with E-state index in [2.05, 4.69) is 15.9 Å². The van der Waals surface area contributed by atoms with Gasteiger partial charge in [0.05, 0.1) is 5.56 Å². The molecule has 17 heavy (non-hydrogen) atoms. The van der Waals surface area contributed by atoms with Gasteiger partial charge in [-0.2, -0.15) is 0 Å². The van der Waals surface area contributed by atoms with E-state index in [-0.39, 0.29) is 17.4 Å². The summed E-state index contributed by atoms with van der Waals surface area (Å²) in [5, 5.41) is 0. The molecule has 1 atom stereocenters. The fourth-order valence-electron chi connectivity index (χ4n) is 1.89. The van der Waals surface area contributed by atoms with Crippen LogP contribution in [0.5, 0.6) is 0 Å². The van der Waals surface area contributed by atoms with Crippen LogP contribution in [0.25, 0.3) is 0 Å². The van der Waals surface area contributed by atoms with Crippen LogP contribution in [-0.2, 0) is 4.79 Å². The standard InChI is InChI=1S/C12H11BrFNO2/c1-7-4-11(16)15(6-7)12(17)9-5-8(14)2-3-10(9)13/h2-3,5,7H,4,6H2,1H3. The molecule has 0 aliphatic carbocycles. The quantitative estimate of drug-likeness (QED) is 0.748. The maximum absolute atomic E-state index is 13.1. The molecule has 1 aliphatic heterocycles. The summed E-state index contributed by atoms with van der Waals surface area (Å²) < 4.78 is 13.6. The second kappa shape index (κ2) is 4.56. The summed E-state index contributed by atoms with van der Waals surface area (Å²) in [7, 11) is 0. The van der Waals surface area contributed by atoms with E-state index in [1.54, 1.807) is 0 Å². The summed E-state index contributed by atoms with van der Waals surface area (Å²) in [5.41, 5.74) is 0.187. The number of likely N-dealkylation sites (tertiary alicyclic amines) is 1. The van der Waals surface area contributed by atoms with E-state index in [0.29, 0.717) is 17.4 Å². The first-order valence-electron chi connectivity index (χ1n) is 5.29. The van der Waals surface area contributed by atoms with Crippen LogP contribution in [0, 0.1) is 11.7 Å². The Balaban J connectivity index is 2.31. The molecular formula is C12H11BrFNO2. The van der Waals surface area contributed by atoms with E-state index < -0.39 is 11.7 Å². The van der Waals surface area contributed by atoms with Crippen molar-refractivity contribution in [1.29, 1.82) is 0 Å². The molecule has 1 aromatic carbocycles. The Morgan fingerprint density at radius 2 is 2.24 bits per heavy atom. The minimum atomic E-state index is -0.490. The first-order chi connectivity index (χ1) is 7.99. The highest BCUT2D eigenvalue weighted by Gasteiger charge is 2.32. The summed E-state index contributed by atoms with van der Waals surface area (Å²) in [4.78, 5) is 24.9. The topological polar surface area (TPSA) is 37.4 Å². The lowest BCUT2D eigenvalue weighted by atomic mass is 10.1. The lowest BCUT2D eigenvalue weighted by Crippen LogP contribution is -2.32. The summed E-state index contributed by atoms with van der Waals surface area (Å²) in [5.74, 6) is -0.959. The van der Waals surface area contributed by atoms with Crippen molar-refractivity contribution in [3.05, 3.63) is 34.1 Å². The Morgan fingerprint density at radius 3 is 2.82 bits per heavy atom. The number of hydrogen-bond acceptors (Lipinski definition) is 2. The molecule has 1 heterocycles. The second-order valence-corrected chi connectivity index (χ2v) is 5.10. The average molecular weight is 300 g/mol. The van der Waals surface area contributed by atoms with Gasteiger partial charge in [0, 0.05) is 17.4 Å². The monoisotopic (exact) mass is 299 g/mol. The van der Waals surface area contributed by atoms with Gasteiger partial charge in [-0.15, -0.1) is 0 Å². The van der Waals surface area contributed by atoms with Gasteiger partial charge in [-0.3, -0.25) is 14.5 Å². The lowest BCUT2D eigenvalue weighted by Gasteiger charge is -2.15. The molecule has 0 aromatic heterocycles. The van der Waals surface area contributed by atoms with Crippen molar-refractivity contribution in [2.45, 2.75) is 13.3 Å². The van der Waals surface area contributed by atoms with Gasteiger partial charge in [0.15, 0.2) is 0 Å². The van der Waals surface area contributed by atoms with Crippen molar-refractivity contribution in [1.82, 2.24) is 4.90 Å². The molecule has 0 N–H and O–H groups in total. The third kappa shape index (κ3) is 2.39. The SMILES string of the molecule is CC1CC(=O)N(C(=O)c2cc(F)ccc2Br)C1. The van der Waals surface area contributed by atoms with Gasteiger partial charge < -0.3 is 0 Å². The van der Waals surface area contributed by atoms with Crippen LogP contribution in [0.2, 0.25) is 0 Å². The Bertz CT molecular complexity index is 489. The lowest BCUT2D eigenvalue weighted by molar-refractivity contribution is -0.125. The predicted octanol–water partition coefficient (Wildman–Crippen LogP) is 2.60. The summed E-state index contributed by atoms with van der Waals surface area (Å²) in [6.45, 7) is 2.31. The van der Waals surface area contributed by atoms with Crippen molar-refractivity contribution in [3.8, 4) is 0 Å². The second-order valence-electron chi connectivity index (χ2n) is 4.24. The van der Waals surface area contributed by atoms with E-state index in [0.717, 1.165) is 6.07 Å². The largest absolute Gasteiger partial charge is 0.278 e. The molecule has 1 saturated heterocycles. The molecular weight excluding hydrogens is 289 g/mol. The molecule has 1 aromatic rings. The van der Waals surface area contributed by atoms with Gasteiger partial charge >= 0.3 is 0 Å². The fraction of sp³-hybridized carbons (Fsp3) is 0.333. The summed E-state index contributed by atoms with van der Waals surface area (Å²) >= 11 is 3.19. The Kier molecular flexibility index (Phi) is 3.28. The fourth-order valence-corrected chi connectivity index (χ4v) is 2.31. The molecule has 5 heteroatoms. The van der Waals surface area contributed by atoms with E-state index in [4.69, 9.17) is 0 Å². The number of imide groups is 1. The van der Waals surface area contributed by atoms with Gasteiger partial charge in [0.25, 0.3) is 5.91 Å². The van der Waals surface area contributed by atoms with Gasteiger partial charge in [-0.25, -0.2) is 4.39 Å². The summed E-state index contributed by atoms with van der Waals surface area (Å²) in [6, 6.07) is 3.87. The van der Waals surface area contributed by atoms with Gasteiger partial charge in [-0.1, -0.05) is 6.92 Å². The first kappa shape index (κ1) is 12.2. The van der Waals surface area contributed by atoms with E-state index in [1.165, 1.54) is 17.0 Å². The number of hydrogen-bond donors (Lipinski definition) is 0. The van der Waals surface area contributed by atoms with E-state index >= 15 is 0 Å². The molecule has 3 nitrogen and oxygen atoms in total. The zero-order chi connectivity index (χ0) is 12.6. The van der Waals surface area contributed by atoms with Crippen LogP contribution in [0.4, 0.5) is 4.39 Å². The van der Waals surface area contributed by atoms with Crippen molar-refractivity contribution in [2.75, 3.05) is 6.54 Å². The van der Waals surface area contributed by atoms with Crippen LogP contribution < -0.4 is 0 Å². The van der Waals surface area contributed by atoms with Crippen LogP contribution in [0.1, 0.15) is 23.7 Å². The molecule has 90 valence electrons. The Labute approximate surface area is 107 Å². The number of rotatable bonds is 1. The molecule has 2 rings (SSSR count). The Hall–Kier alpha value is -1.23. The minimum absolute atomic E-state index is 0.166. The van der Waals surface area contributed by atoms with Crippen molar-refractivity contribution >= 4 is 27.7 Å². The summed E-state index contributed by atoms with van der Waals surface area (Å²) in [6.07, 6.45) is 0.374.